The van der Waals surface area contributed by atoms with Gasteiger partial charge in [0.15, 0.2) is 6.04 Å². The number of esters is 1. The normalized spacial score (nSPS) is 16.3. The zero-order chi connectivity index (χ0) is 16.6. The van der Waals surface area contributed by atoms with Gasteiger partial charge in [0.1, 0.15) is 5.69 Å². The minimum Gasteiger partial charge on any atom is -0.464 e. The number of carbonyl (C=O) groups excluding carboxylic acids is 2. The van der Waals surface area contributed by atoms with Crippen molar-refractivity contribution in [2.75, 3.05) is 11.5 Å². The molecule has 1 unspecified atom stereocenters. The summed E-state index contributed by atoms with van der Waals surface area (Å²) >= 11 is 0. The summed E-state index contributed by atoms with van der Waals surface area (Å²) in [5, 5.41) is 0. The summed E-state index contributed by atoms with van der Waals surface area (Å²) in [4.78, 5) is 34.4. The van der Waals surface area contributed by atoms with Gasteiger partial charge in [-0.15, -0.1) is 0 Å². The van der Waals surface area contributed by atoms with Gasteiger partial charge in [-0.1, -0.05) is 6.07 Å². The van der Waals surface area contributed by atoms with Crippen molar-refractivity contribution in [1.82, 2.24) is 14.5 Å². The van der Waals surface area contributed by atoms with Crippen molar-refractivity contribution in [2.45, 2.75) is 33.4 Å². The molecular formula is C16H18N4O3. The summed E-state index contributed by atoms with van der Waals surface area (Å²) in [7, 11) is 0. The number of aromatic nitrogens is 3. The number of ether oxygens (including phenoxy) is 1. The second kappa shape index (κ2) is 5.83. The topological polar surface area (TPSA) is 77.3 Å². The van der Waals surface area contributed by atoms with E-state index >= 15 is 0 Å². The maximum Gasteiger partial charge on any atom is 0.331 e. The molecule has 23 heavy (non-hydrogen) atoms. The molecule has 0 aromatic carbocycles. The fraction of sp³-hybridized carbons (Fsp3) is 0.375. The van der Waals surface area contributed by atoms with Crippen LogP contribution < -0.4 is 4.90 Å². The monoisotopic (exact) mass is 314 g/mol. The third-order valence-electron chi connectivity index (χ3n) is 3.70. The molecule has 0 fully saturated rings. The van der Waals surface area contributed by atoms with Crippen molar-refractivity contribution < 1.29 is 14.3 Å². The molecule has 0 saturated carbocycles. The number of carbonyl (C=O) groups is 2. The minimum absolute atomic E-state index is 0.240. The molecule has 0 spiro atoms. The van der Waals surface area contributed by atoms with Gasteiger partial charge in [0.25, 0.3) is 0 Å². The van der Waals surface area contributed by atoms with E-state index in [0.29, 0.717) is 18.2 Å². The Morgan fingerprint density at radius 3 is 2.74 bits per heavy atom. The quantitative estimate of drug-likeness (QED) is 0.803. The highest BCUT2D eigenvalue weighted by Crippen LogP contribution is 2.30. The molecule has 0 saturated heterocycles. The smallest absolute Gasteiger partial charge is 0.331 e. The fourth-order valence-corrected chi connectivity index (χ4v) is 2.73. The Hall–Kier alpha value is -2.70. The molecule has 2 aromatic heterocycles. The summed E-state index contributed by atoms with van der Waals surface area (Å²) in [5.41, 5.74) is 2.31. The lowest BCUT2D eigenvalue weighted by molar-refractivity contribution is -0.145. The van der Waals surface area contributed by atoms with Gasteiger partial charge in [-0.05, 0) is 26.0 Å². The highest BCUT2D eigenvalue weighted by Gasteiger charge is 2.39. The molecule has 0 aliphatic carbocycles. The van der Waals surface area contributed by atoms with Crippen molar-refractivity contribution in [3.63, 3.8) is 0 Å². The van der Waals surface area contributed by atoms with E-state index in [-0.39, 0.29) is 12.5 Å². The maximum absolute atomic E-state index is 12.1. The van der Waals surface area contributed by atoms with Crippen molar-refractivity contribution in [2.24, 2.45) is 0 Å². The van der Waals surface area contributed by atoms with Crippen LogP contribution in [-0.4, -0.2) is 39.1 Å². The predicted molar refractivity (Wildman–Crippen MR) is 83.8 cm³/mol. The Balaban J connectivity index is 1.96. The number of imidazole rings is 1. The maximum atomic E-state index is 12.1. The Labute approximate surface area is 133 Å². The number of amides is 1. The molecule has 0 N–H and O–H groups in total. The summed E-state index contributed by atoms with van der Waals surface area (Å²) in [6, 6.07) is 5.03. The van der Waals surface area contributed by atoms with Gasteiger partial charge < -0.3 is 9.30 Å². The number of hydrogen-bond donors (Lipinski definition) is 0. The number of fused-ring (bicyclic) bond motifs is 1. The van der Waals surface area contributed by atoms with E-state index < -0.39 is 12.0 Å². The van der Waals surface area contributed by atoms with E-state index in [1.165, 1.54) is 11.8 Å². The van der Waals surface area contributed by atoms with Gasteiger partial charge >= 0.3 is 5.97 Å². The van der Waals surface area contributed by atoms with E-state index in [9.17, 15) is 9.59 Å². The molecule has 1 amide bonds. The van der Waals surface area contributed by atoms with Gasteiger partial charge in [-0.25, -0.2) is 9.78 Å². The highest BCUT2D eigenvalue weighted by atomic mass is 16.5. The number of rotatable bonds is 3. The average Bonchev–Trinajstić information content (AvgIpc) is 3.04. The standard InChI is InChI=1S/C16H18N4O3/c1-4-23-15(22)14-9-19-8-13(12-7-5-6-10(2)17-12)18-16(19)20(14)11(3)21/h5-8,14H,4,9H2,1-3H3. The lowest BCUT2D eigenvalue weighted by Crippen LogP contribution is -2.43. The van der Waals surface area contributed by atoms with Crippen LogP contribution in [0.1, 0.15) is 19.5 Å². The Bertz CT molecular complexity index is 768. The largest absolute Gasteiger partial charge is 0.464 e. The van der Waals surface area contributed by atoms with E-state index in [4.69, 9.17) is 4.74 Å². The van der Waals surface area contributed by atoms with Crippen LogP contribution in [0.2, 0.25) is 0 Å². The first-order valence-electron chi connectivity index (χ1n) is 7.49. The third-order valence-corrected chi connectivity index (χ3v) is 3.70. The van der Waals surface area contributed by atoms with Crippen LogP contribution in [0.4, 0.5) is 5.95 Å². The Morgan fingerprint density at radius 2 is 2.09 bits per heavy atom. The van der Waals surface area contributed by atoms with E-state index in [1.807, 2.05) is 31.3 Å². The van der Waals surface area contributed by atoms with Crippen LogP contribution in [-0.2, 0) is 20.9 Å². The molecule has 0 radical (unpaired) electrons. The molecule has 7 nitrogen and oxygen atoms in total. The Kier molecular flexibility index (Phi) is 3.85. The molecule has 1 atom stereocenters. The molecule has 1 aliphatic rings. The molecule has 0 bridgehead atoms. The third kappa shape index (κ3) is 2.69. The first kappa shape index (κ1) is 15.2. The van der Waals surface area contributed by atoms with E-state index in [2.05, 4.69) is 9.97 Å². The van der Waals surface area contributed by atoms with Gasteiger partial charge in [0.05, 0.1) is 18.8 Å². The zero-order valence-corrected chi connectivity index (χ0v) is 13.3. The molecule has 7 heteroatoms. The van der Waals surface area contributed by atoms with Crippen LogP contribution in [0.5, 0.6) is 0 Å². The number of aryl methyl sites for hydroxylation is 1. The molecule has 3 rings (SSSR count). The number of pyridine rings is 1. The van der Waals surface area contributed by atoms with Crippen LogP contribution in [0.3, 0.4) is 0 Å². The lowest BCUT2D eigenvalue weighted by Gasteiger charge is -2.19. The number of nitrogens with zero attached hydrogens (tertiary/aromatic N) is 4. The van der Waals surface area contributed by atoms with Crippen LogP contribution in [0.15, 0.2) is 24.4 Å². The van der Waals surface area contributed by atoms with E-state index in [0.717, 1.165) is 11.4 Å². The molecule has 2 aromatic rings. The van der Waals surface area contributed by atoms with Crippen LogP contribution in [0, 0.1) is 6.92 Å². The number of hydrogen-bond acceptors (Lipinski definition) is 5. The molecule has 120 valence electrons. The average molecular weight is 314 g/mol. The first-order chi connectivity index (χ1) is 11.0. The molecular weight excluding hydrogens is 296 g/mol. The first-order valence-corrected chi connectivity index (χ1v) is 7.49. The van der Waals surface area contributed by atoms with Crippen molar-refractivity contribution in [3.8, 4) is 11.4 Å². The van der Waals surface area contributed by atoms with E-state index in [1.54, 1.807) is 11.5 Å². The summed E-state index contributed by atoms with van der Waals surface area (Å²) in [6.45, 7) is 5.69. The van der Waals surface area contributed by atoms with Crippen LogP contribution in [0.25, 0.3) is 11.4 Å². The minimum atomic E-state index is -0.658. The van der Waals surface area contributed by atoms with Crippen LogP contribution >= 0.6 is 0 Å². The number of anilines is 1. The summed E-state index contributed by atoms with van der Waals surface area (Å²) in [5.74, 6) is -0.201. The Morgan fingerprint density at radius 1 is 1.30 bits per heavy atom. The van der Waals surface area contributed by atoms with Crippen molar-refractivity contribution >= 4 is 17.8 Å². The summed E-state index contributed by atoms with van der Waals surface area (Å²) in [6.07, 6.45) is 1.81. The van der Waals surface area contributed by atoms with Gasteiger partial charge in [-0.3, -0.25) is 14.7 Å². The second-order valence-electron chi connectivity index (χ2n) is 5.40. The SMILES string of the molecule is CCOC(=O)C1Cn2cc(-c3cccc(C)n3)nc2N1C(C)=O. The zero-order valence-electron chi connectivity index (χ0n) is 13.3. The molecule has 1 aliphatic heterocycles. The van der Waals surface area contributed by atoms with Crippen molar-refractivity contribution in [1.29, 1.82) is 0 Å². The molecule has 3 heterocycles. The highest BCUT2D eigenvalue weighted by molar-refractivity contribution is 5.98. The van der Waals surface area contributed by atoms with Gasteiger partial charge in [-0.2, -0.15) is 0 Å². The van der Waals surface area contributed by atoms with Crippen molar-refractivity contribution in [3.05, 3.63) is 30.1 Å². The predicted octanol–water partition coefficient (Wildman–Crippen LogP) is 1.55. The summed E-state index contributed by atoms with van der Waals surface area (Å²) < 4.78 is 6.85. The van der Waals surface area contributed by atoms with Gasteiger partial charge in [0, 0.05) is 18.8 Å². The lowest BCUT2D eigenvalue weighted by atomic mass is 10.2. The van der Waals surface area contributed by atoms with Gasteiger partial charge in [0.2, 0.25) is 11.9 Å². The fourth-order valence-electron chi connectivity index (χ4n) is 2.73. The second-order valence-corrected chi connectivity index (χ2v) is 5.40.